The number of rotatable bonds is 8. The molecule has 0 saturated heterocycles. The molecule has 2 unspecified atom stereocenters. The van der Waals surface area contributed by atoms with Crippen molar-refractivity contribution >= 4 is 11.6 Å². The van der Waals surface area contributed by atoms with E-state index in [0.717, 1.165) is 42.0 Å². The zero-order chi connectivity index (χ0) is 19.2. The van der Waals surface area contributed by atoms with Crippen molar-refractivity contribution < 1.29 is 9.53 Å². The van der Waals surface area contributed by atoms with Crippen molar-refractivity contribution in [3.05, 3.63) is 59.7 Å². The first-order chi connectivity index (χ1) is 13.2. The lowest BCUT2D eigenvalue weighted by Crippen LogP contribution is -2.47. The van der Waals surface area contributed by atoms with E-state index >= 15 is 0 Å². The second-order valence-electron chi connectivity index (χ2n) is 7.19. The van der Waals surface area contributed by atoms with Crippen LogP contribution in [0.5, 0.6) is 5.75 Å². The van der Waals surface area contributed by atoms with Crippen molar-refractivity contribution in [3.63, 3.8) is 0 Å². The van der Waals surface area contributed by atoms with Gasteiger partial charge in [-0.25, -0.2) is 0 Å². The molecule has 3 rings (SSSR count). The Morgan fingerprint density at radius 1 is 1.07 bits per heavy atom. The van der Waals surface area contributed by atoms with Gasteiger partial charge in [0.1, 0.15) is 11.9 Å². The van der Waals surface area contributed by atoms with Crippen LogP contribution in [0.1, 0.15) is 68.5 Å². The molecule has 1 aliphatic rings. The summed E-state index contributed by atoms with van der Waals surface area (Å²) < 4.78 is 5.82. The smallest absolute Gasteiger partial charge is 0.258 e. The number of nitrogens with zero attached hydrogens (tertiary/aromatic N) is 1. The molecule has 2 aromatic rings. The van der Waals surface area contributed by atoms with E-state index in [-0.39, 0.29) is 18.1 Å². The molecule has 2 atom stereocenters. The molecule has 0 fully saturated rings. The lowest BCUT2D eigenvalue weighted by atomic mass is 10.0. The molecule has 0 radical (unpaired) electrons. The Hall–Kier alpha value is -2.49. The Kier molecular flexibility index (Phi) is 6.38. The quantitative estimate of drug-likeness (QED) is 0.616. The molecule has 0 spiro atoms. The van der Waals surface area contributed by atoms with Gasteiger partial charge < -0.3 is 15.0 Å². The first-order valence-corrected chi connectivity index (χ1v) is 10.1. The van der Waals surface area contributed by atoms with Gasteiger partial charge in [0.25, 0.3) is 5.91 Å². The summed E-state index contributed by atoms with van der Waals surface area (Å²) in [7, 11) is 0. The first kappa shape index (κ1) is 19.3. The molecule has 4 heteroatoms. The minimum atomic E-state index is -0.170. The first-order valence-electron chi connectivity index (χ1n) is 10.1. The van der Waals surface area contributed by atoms with Gasteiger partial charge in [-0.15, -0.1) is 0 Å². The second kappa shape index (κ2) is 8.94. The highest BCUT2D eigenvalue weighted by Gasteiger charge is 2.35. The van der Waals surface area contributed by atoms with Crippen LogP contribution in [0.25, 0.3) is 0 Å². The average Bonchev–Trinajstić information content (AvgIpc) is 2.71. The monoisotopic (exact) mass is 366 g/mol. The summed E-state index contributed by atoms with van der Waals surface area (Å²) in [6.07, 6.45) is 4.20. The molecule has 27 heavy (non-hydrogen) atoms. The van der Waals surface area contributed by atoms with Gasteiger partial charge in [0.05, 0.1) is 12.2 Å². The summed E-state index contributed by atoms with van der Waals surface area (Å²) in [5.41, 5.74) is 2.70. The van der Waals surface area contributed by atoms with E-state index in [1.807, 2.05) is 41.3 Å². The standard InChI is InChI=1S/C23H30N2O2/c1-4-6-9-16-27-19-14-12-18(13-15-19)22-24-21-11-8-7-10-20(21)23(26)25(22)17(3)5-2/h7-8,10-15,17,22,24H,4-6,9,16H2,1-3H3. The predicted octanol–water partition coefficient (Wildman–Crippen LogP) is 5.62. The summed E-state index contributed by atoms with van der Waals surface area (Å²) in [6.45, 7) is 7.16. The van der Waals surface area contributed by atoms with Gasteiger partial charge in [-0.3, -0.25) is 4.79 Å². The highest BCUT2D eigenvalue weighted by Crippen LogP contribution is 2.35. The SMILES string of the molecule is CCCCCOc1ccc(C2Nc3ccccc3C(=O)N2C(C)CC)cc1. The van der Waals surface area contributed by atoms with Gasteiger partial charge in [0, 0.05) is 11.7 Å². The molecule has 0 aliphatic carbocycles. The molecular formula is C23H30N2O2. The largest absolute Gasteiger partial charge is 0.494 e. The van der Waals surface area contributed by atoms with Crippen LogP contribution in [0, 0.1) is 0 Å². The van der Waals surface area contributed by atoms with Gasteiger partial charge in [-0.2, -0.15) is 0 Å². The lowest BCUT2D eigenvalue weighted by molar-refractivity contribution is 0.0593. The Morgan fingerprint density at radius 2 is 1.81 bits per heavy atom. The van der Waals surface area contributed by atoms with Crippen LogP contribution in [0.4, 0.5) is 5.69 Å². The van der Waals surface area contributed by atoms with Crippen LogP contribution in [0.3, 0.4) is 0 Å². The summed E-state index contributed by atoms with van der Waals surface area (Å²) >= 11 is 0. The van der Waals surface area contributed by atoms with Crippen LogP contribution < -0.4 is 10.1 Å². The van der Waals surface area contributed by atoms with Gasteiger partial charge in [0.2, 0.25) is 0 Å². The normalized spacial score (nSPS) is 17.2. The van der Waals surface area contributed by atoms with E-state index in [1.165, 1.54) is 12.8 Å². The van der Waals surface area contributed by atoms with Crippen molar-refractivity contribution in [2.24, 2.45) is 0 Å². The van der Waals surface area contributed by atoms with Crippen molar-refractivity contribution in [2.75, 3.05) is 11.9 Å². The van der Waals surface area contributed by atoms with Crippen molar-refractivity contribution in [1.29, 1.82) is 0 Å². The summed E-state index contributed by atoms with van der Waals surface area (Å²) in [6, 6.07) is 16.0. The molecule has 4 nitrogen and oxygen atoms in total. The minimum absolute atomic E-state index is 0.0867. The van der Waals surface area contributed by atoms with Gasteiger partial charge in [-0.05, 0) is 49.6 Å². The second-order valence-corrected chi connectivity index (χ2v) is 7.19. The molecule has 0 aromatic heterocycles. The fourth-order valence-electron chi connectivity index (χ4n) is 3.45. The number of unbranched alkanes of at least 4 members (excludes halogenated alkanes) is 2. The van der Waals surface area contributed by atoms with Gasteiger partial charge in [-0.1, -0.05) is 51.0 Å². The average molecular weight is 367 g/mol. The van der Waals surface area contributed by atoms with Crippen LogP contribution >= 0.6 is 0 Å². The highest BCUT2D eigenvalue weighted by atomic mass is 16.5. The Labute approximate surface area is 162 Å². The van der Waals surface area contributed by atoms with E-state index in [0.29, 0.717) is 0 Å². The van der Waals surface area contributed by atoms with Crippen molar-refractivity contribution in [1.82, 2.24) is 4.90 Å². The maximum atomic E-state index is 13.1. The number of fused-ring (bicyclic) bond motifs is 1. The number of anilines is 1. The van der Waals surface area contributed by atoms with Gasteiger partial charge >= 0.3 is 0 Å². The minimum Gasteiger partial charge on any atom is -0.494 e. The third kappa shape index (κ3) is 4.26. The lowest BCUT2D eigenvalue weighted by Gasteiger charge is -2.41. The highest BCUT2D eigenvalue weighted by molar-refractivity contribution is 6.01. The fourth-order valence-corrected chi connectivity index (χ4v) is 3.45. The maximum absolute atomic E-state index is 13.1. The molecule has 1 aliphatic heterocycles. The van der Waals surface area contributed by atoms with E-state index in [2.05, 4.69) is 38.2 Å². The fraction of sp³-hybridized carbons (Fsp3) is 0.435. The third-order valence-electron chi connectivity index (χ3n) is 5.24. The molecule has 1 heterocycles. The number of benzene rings is 2. The van der Waals surface area contributed by atoms with Crippen molar-refractivity contribution in [2.45, 2.75) is 58.7 Å². The van der Waals surface area contributed by atoms with E-state index in [1.54, 1.807) is 0 Å². The number of hydrogen-bond acceptors (Lipinski definition) is 3. The van der Waals surface area contributed by atoms with Crippen LogP contribution in [0.2, 0.25) is 0 Å². The number of para-hydroxylation sites is 1. The summed E-state index contributed by atoms with van der Waals surface area (Å²) in [5, 5.41) is 3.55. The zero-order valence-electron chi connectivity index (χ0n) is 16.6. The number of amides is 1. The Balaban J connectivity index is 1.82. The number of nitrogens with one attached hydrogen (secondary N) is 1. The van der Waals surface area contributed by atoms with Gasteiger partial charge in [0.15, 0.2) is 0 Å². The van der Waals surface area contributed by atoms with E-state index in [9.17, 15) is 4.79 Å². The topological polar surface area (TPSA) is 41.6 Å². The number of carbonyl (C=O) groups is 1. The molecule has 0 saturated carbocycles. The zero-order valence-corrected chi connectivity index (χ0v) is 16.6. The molecule has 144 valence electrons. The van der Waals surface area contributed by atoms with Crippen LogP contribution in [-0.4, -0.2) is 23.5 Å². The summed E-state index contributed by atoms with van der Waals surface area (Å²) in [4.78, 5) is 15.1. The number of hydrogen-bond donors (Lipinski definition) is 1. The Bertz CT molecular complexity index is 757. The van der Waals surface area contributed by atoms with Crippen LogP contribution in [0.15, 0.2) is 48.5 Å². The van der Waals surface area contributed by atoms with E-state index in [4.69, 9.17) is 4.74 Å². The molecule has 1 N–H and O–H groups in total. The molecule has 1 amide bonds. The molecule has 2 aromatic carbocycles. The van der Waals surface area contributed by atoms with E-state index < -0.39 is 0 Å². The predicted molar refractivity (Wildman–Crippen MR) is 110 cm³/mol. The maximum Gasteiger partial charge on any atom is 0.258 e. The molecule has 0 bridgehead atoms. The van der Waals surface area contributed by atoms with Crippen molar-refractivity contribution in [3.8, 4) is 5.75 Å². The third-order valence-corrected chi connectivity index (χ3v) is 5.24. The summed E-state index contributed by atoms with van der Waals surface area (Å²) in [5.74, 6) is 0.969. The number of ether oxygens (including phenoxy) is 1. The van der Waals surface area contributed by atoms with Crippen LogP contribution in [-0.2, 0) is 0 Å². The number of carbonyl (C=O) groups excluding carboxylic acids is 1. The Morgan fingerprint density at radius 3 is 2.52 bits per heavy atom. The molecular weight excluding hydrogens is 336 g/mol.